The highest BCUT2D eigenvalue weighted by Gasteiger charge is 2.27. The lowest BCUT2D eigenvalue weighted by molar-refractivity contribution is 1.18. The fourth-order valence-corrected chi connectivity index (χ4v) is 8.48. The molecule has 2 aromatic heterocycles. The van der Waals surface area contributed by atoms with E-state index in [2.05, 4.69) is 167 Å². The molecule has 2 heterocycles. The highest BCUT2D eigenvalue weighted by molar-refractivity contribution is 6.37. The second-order valence-electron chi connectivity index (χ2n) is 12.4. The molecule has 2 heteroatoms. The van der Waals surface area contributed by atoms with Crippen LogP contribution < -0.4 is 0 Å². The number of hydrogen-bond donors (Lipinski definition) is 0. The predicted octanol–water partition coefficient (Wildman–Crippen LogP) is 11.8. The van der Waals surface area contributed by atoms with Crippen LogP contribution in [0.4, 0.5) is 0 Å². The fourth-order valence-electron chi connectivity index (χ4n) is 8.48. The molecule has 0 radical (unpaired) electrons. The summed E-state index contributed by atoms with van der Waals surface area (Å²) >= 11 is 0. The topological polar surface area (TPSA) is 9.86 Å². The Morgan fingerprint density at radius 2 is 0.826 bits per heavy atom. The maximum Gasteiger partial charge on any atom is 0.0647 e. The molecule has 0 fully saturated rings. The van der Waals surface area contributed by atoms with E-state index in [1.165, 1.54) is 98.8 Å². The van der Waals surface area contributed by atoms with E-state index in [-0.39, 0.29) is 0 Å². The minimum atomic E-state index is 1.17. The fraction of sp³-hybridized carbons (Fsp3) is 0. The molecule has 0 atom stereocenters. The summed E-state index contributed by atoms with van der Waals surface area (Å²) in [4.78, 5) is 0. The van der Waals surface area contributed by atoms with E-state index in [0.29, 0.717) is 0 Å². The molecule has 0 spiro atoms. The second-order valence-corrected chi connectivity index (χ2v) is 12.4. The van der Waals surface area contributed by atoms with Crippen molar-refractivity contribution in [2.45, 2.75) is 0 Å². The van der Waals surface area contributed by atoms with Gasteiger partial charge in [-0.15, -0.1) is 0 Å². The van der Waals surface area contributed by atoms with E-state index in [1.54, 1.807) is 0 Å². The van der Waals surface area contributed by atoms with Crippen molar-refractivity contribution in [1.29, 1.82) is 0 Å². The van der Waals surface area contributed by atoms with Gasteiger partial charge >= 0.3 is 0 Å². The van der Waals surface area contributed by atoms with Gasteiger partial charge in [0.2, 0.25) is 0 Å². The third kappa shape index (κ3) is 2.92. The Kier molecular flexibility index (Phi) is 4.61. The molecule has 1 aliphatic carbocycles. The average Bonchev–Trinajstić information content (AvgIpc) is 3.76. The van der Waals surface area contributed by atoms with E-state index < -0.39 is 0 Å². The van der Waals surface area contributed by atoms with Crippen molar-refractivity contribution >= 4 is 65.2 Å². The average molecular weight is 583 g/mol. The van der Waals surface area contributed by atoms with Crippen molar-refractivity contribution in [3.05, 3.63) is 158 Å². The van der Waals surface area contributed by atoms with Crippen LogP contribution in [-0.2, 0) is 0 Å². The van der Waals surface area contributed by atoms with Crippen LogP contribution in [0.2, 0.25) is 0 Å². The number of benzene rings is 8. The summed E-state index contributed by atoms with van der Waals surface area (Å²) in [6.45, 7) is 0. The molecule has 0 N–H and O–H groups in total. The van der Waals surface area contributed by atoms with E-state index in [0.717, 1.165) is 0 Å². The van der Waals surface area contributed by atoms with Crippen LogP contribution in [0, 0.1) is 0 Å². The molecular weight excluding hydrogens is 556 g/mol. The molecule has 0 amide bonds. The van der Waals surface area contributed by atoms with Crippen molar-refractivity contribution < 1.29 is 0 Å². The largest absolute Gasteiger partial charge is 0.309 e. The Balaban J connectivity index is 1.41. The Labute approximate surface area is 265 Å². The van der Waals surface area contributed by atoms with Gasteiger partial charge in [-0.05, 0) is 63.4 Å². The minimum absolute atomic E-state index is 1.17. The van der Waals surface area contributed by atoms with Crippen molar-refractivity contribution in [3.63, 3.8) is 0 Å². The second kappa shape index (κ2) is 8.74. The Morgan fingerprint density at radius 3 is 1.59 bits per heavy atom. The molecular formula is C44H26N2. The highest BCUT2D eigenvalue weighted by Crippen LogP contribution is 2.51. The van der Waals surface area contributed by atoms with Gasteiger partial charge in [0.1, 0.15) is 0 Å². The normalized spacial score (nSPS) is 12.3. The van der Waals surface area contributed by atoms with E-state index >= 15 is 0 Å². The SMILES string of the molecule is c1ccc(-n2c3ccccc3c3c4ccccc4c4c(c5ccccc5n4-c4ccc5c6c(cccc46)-c4ccccc4-5)c32)cc1. The molecule has 0 bridgehead atoms. The third-order valence-corrected chi connectivity index (χ3v) is 10.2. The molecule has 1 aliphatic rings. The molecule has 46 heavy (non-hydrogen) atoms. The van der Waals surface area contributed by atoms with Gasteiger partial charge in [0.15, 0.2) is 0 Å². The highest BCUT2D eigenvalue weighted by atomic mass is 15.0. The van der Waals surface area contributed by atoms with Crippen molar-refractivity contribution in [3.8, 4) is 33.6 Å². The first-order chi connectivity index (χ1) is 22.9. The number of hydrogen-bond acceptors (Lipinski definition) is 0. The lowest BCUT2D eigenvalue weighted by Crippen LogP contribution is -1.97. The number of aromatic nitrogens is 2. The smallest absolute Gasteiger partial charge is 0.0647 e. The summed E-state index contributed by atoms with van der Waals surface area (Å²) in [6, 6.07) is 58.0. The first-order valence-corrected chi connectivity index (χ1v) is 16.0. The van der Waals surface area contributed by atoms with Crippen molar-refractivity contribution in [2.75, 3.05) is 0 Å². The number of fused-ring (bicyclic) bond motifs is 13. The minimum Gasteiger partial charge on any atom is -0.309 e. The van der Waals surface area contributed by atoms with Crippen LogP contribution in [-0.4, -0.2) is 9.13 Å². The van der Waals surface area contributed by atoms with Gasteiger partial charge in [0.25, 0.3) is 0 Å². The van der Waals surface area contributed by atoms with Crippen molar-refractivity contribution in [1.82, 2.24) is 9.13 Å². The van der Waals surface area contributed by atoms with Gasteiger partial charge in [-0.2, -0.15) is 0 Å². The molecule has 8 aromatic carbocycles. The van der Waals surface area contributed by atoms with Crippen molar-refractivity contribution in [2.24, 2.45) is 0 Å². The lowest BCUT2D eigenvalue weighted by Gasteiger charge is -2.15. The van der Waals surface area contributed by atoms with E-state index in [4.69, 9.17) is 0 Å². The van der Waals surface area contributed by atoms with Crippen LogP contribution in [0.25, 0.3) is 98.8 Å². The molecule has 212 valence electrons. The Bertz CT molecular complexity index is 2870. The molecule has 0 unspecified atom stereocenters. The van der Waals surface area contributed by atoms with Gasteiger partial charge in [-0.1, -0.05) is 127 Å². The summed E-state index contributed by atoms with van der Waals surface area (Å²) in [5.41, 5.74) is 12.6. The van der Waals surface area contributed by atoms with Gasteiger partial charge < -0.3 is 9.13 Å². The zero-order chi connectivity index (χ0) is 29.9. The predicted molar refractivity (Wildman–Crippen MR) is 195 cm³/mol. The summed E-state index contributed by atoms with van der Waals surface area (Å²) in [7, 11) is 0. The maximum absolute atomic E-state index is 2.55. The van der Waals surface area contributed by atoms with Gasteiger partial charge in [0.05, 0.1) is 27.8 Å². The first kappa shape index (κ1) is 24.2. The molecule has 0 saturated heterocycles. The van der Waals surface area contributed by atoms with Crippen LogP contribution in [0.15, 0.2) is 158 Å². The van der Waals surface area contributed by atoms with E-state index in [9.17, 15) is 0 Å². The molecule has 10 aromatic rings. The van der Waals surface area contributed by atoms with Crippen LogP contribution in [0.3, 0.4) is 0 Å². The lowest BCUT2D eigenvalue weighted by atomic mass is 9.99. The number of nitrogens with zero attached hydrogens (tertiary/aromatic N) is 2. The van der Waals surface area contributed by atoms with E-state index in [1.807, 2.05) is 0 Å². The third-order valence-electron chi connectivity index (χ3n) is 10.2. The summed E-state index contributed by atoms with van der Waals surface area (Å²) in [5, 5.41) is 10.3. The quantitative estimate of drug-likeness (QED) is 0.192. The van der Waals surface area contributed by atoms with Gasteiger partial charge in [-0.25, -0.2) is 0 Å². The Morgan fingerprint density at radius 1 is 0.283 bits per heavy atom. The summed E-state index contributed by atoms with van der Waals surface area (Å²) < 4.78 is 5.03. The zero-order valence-electron chi connectivity index (χ0n) is 24.9. The maximum atomic E-state index is 2.55. The zero-order valence-corrected chi connectivity index (χ0v) is 24.9. The van der Waals surface area contributed by atoms with Crippen LogP contribution >= 0.6 is 0 Å². The molecule has 11 rings (SSSR count). The van der Waals surface area contributed by atoms with Gasteiger partial charge in [0, 0.05) is 38.0 Å². The van der Waals surface area contributed by atoms with Crippen LogP contribution in [0.1, 0.15) is 0 Å². The summed E-state index contributed by atoms with van der Waals surface area (Å²) in [6.07, 6.45) is 0. The Hall–Kier alpha value is -6.12. The number of rotatable bonds is 2. The standard InChI is InChI=1S/C44H26N2/c1-2-13-27(14-3-1)45-37-23-10-8-19-35(37)41-31-17-6-7-18-33(31)43-42(44(41)45)36-20-9-11-24-38(36)46(43)39-26-25-32-29-16-5-4-15-28(29)30-21-12-22-34(39)40(30)32/h1-26H. The molecule has 2 nitrogen and oxygen atoms in total. The van der Waals surface area contributed by atoms with Gasteiger partial charge in [-0.3, -0.25) is 0 Å². The monoisotopic (exact) mass is 582 g/mol. The van der Waals surface area contributed by atoms with Crippen LogP contribution in [0.5, 0.6) is 0 Å². The molecule has 0 aliphatic heterocycles. The first-order valence-electron chi connectivity index (χ1n) is 16.0. The number of para-hydroxylation sites is 3. The summed E-state index contributed by atoms with van der Waals surface area (Å²) in [5.74, 6) is 0. The molecule has 0 saturated carbocycles.